The van der Waals surface area contributed by atoms with Crippen LogP contribution in [0.2, 0.25) is 0 Å². The van der Waals surface area contributed by atoms with Crippen molar-refractivity contribution < 1.29 is 0 Å². The molecular formula is C39H28N4. The maximum Gasteiger partial charge on any atom is 0.164 e. The average Bonchev–Trinajstić information content (AvgIpc) is 3.69. The number of nitrogens with zero attached hydrogens (tertiary/aromatic N) is 4. The standard InChI is InChI=1S/C39H28N4/c40-25-26-17-19-31-32-20-18-29(24-35(32)39(34(31)23-26)21-9-10-22-39)30-15-7-8-16-33(30)38-42-36(27-11-3-1-4-12-27)41-37(43-38)28-13-5-2-6-14-28/h1-8,11-20,23-24H,9-10,21-22H2. The summed E-state index contributed by atoms with van der Waals surface area (Å²) in [6.45, 7) is 0. The molecule has 4 heteroatoms. The fourth-order valence-corrected chi connectivity index (χ4v) is 7.11. The van der Waals surface area contributed by atoms with Crippen LogP contribution in [0.25, 0.3) is 56.4 Å². The SMILES string of the molecule is N#Cc1ccc2c(c1)C1(CCCC1)c1cc(-c3ccccc3-c3nc(-c4ccccc4)nc(-c4ccccc4)n3)ccc1-2. The molecule has 1 saturated carbocycles. The molecule has 0 atom stereocenters. The maximum atomic E-state index is 9.67. The minimum absolute atomic E-state index is 0.0311. The molecule has 0 bridgehead atoms. The topological polar surface area (TPSA) is 62.5 Å². The zero-order chi connectivity index (χ0) is 28.8. The Hall–Kier alpha value is -5.40. The molecule has 2 aliphatic carbocycles. The van der Waals surface area contributed by atoms with Crippen LogP contribution < -0.4 is 0 Å². The lowest BCUT2D eigenvalue weighted by molar-refractivity contribution is 0.550. The van der Waals surface area contributed by atoms with E-state index in [9.17, 15) is 5.26 Å². The monoisotopic (exact) mass is 552 g/mol. The van der Waals surface area contributed by atoms with E-state index in [4.69, 9.17) is 15.0 Å². The van der Waals surface area contributed by atoms with E-state index in [-0.39, 0.29) is 5.41 Å². The predicted molar refractivity (Wildman–Crippen MR) is 171 cm³/mol. The highest BCUT2D eigenvalue weighted by Gasteiger charge is 2.45. The molecule has 1 heterocycles. The van der Waals surface area contributed by atoms with Gasteiger partial charge in [0.2, 0.25) is 0 Å². The van der Waals surface area contributed by atoms with Gasteiger partial charge in [-0.05, 0) is 64.4 Å². The number of benzene rings is 5. The Kier molecular flexibility index (Phi) is 5.98. The van der Waals surface area contributed by atoms with E-state index in [1.54, 1.807) is 0 Å². The highest BCUT2D eigenvalue weighted by Crippen LogP contribution is 2.57. The van der Waals surface area contributed by atoms with Crippen molar-refractivity contribution in [3.05, 3.63) is 138 Å². The molecule has 0 unspecified atom stereocenters. The van der Waals surface area contributed by atoms with E-state index >= 15 is 0 Å². The lowest BCUT2D eigenvalue weighted by atomic mass is 9.76. The number of rotatable bonds is 4. The van der Waals surface area contributed by atoms with Crippen LogP contribution >= 0.6 is 0 Å². The average molecular weight is 553 g/mol. The first-order chi connectivity index (χ1) is 21.2. The van der Waals surface area contributed by atoms with Crippen LogP contribution in [0.4, 0.5) is 0 Å². The van der Waals surface area contributed by atoms with Crippen molar-refractivity contribution in [1.29, 1.82) is 5.26 Å². The molecular weight excluding hydrogens is 524 g/mol. The Morgan fingerprint density at radius 2 is 1.02 bits per heavy atom. The molecule has 0 radical (unpaired) electrons. The first kappa shape index (κ1) is 25.3. The summed E-state index contributed by atoms with van der Waals surface area (Å²) in [6.07, 6.45) is 4.63. The summed E-state index contributed by atoms with van der Waals surface area (Å²) in [6, 6.07) is 44.1. The molecule has 1 fully saturated rings. The number of fused-ring (bicyclic) bond motifs is 5. The number of aromatic nitrogens is 3. The van der Waals surface area contributed by atoms with Gasteiger partial charge in [0.15, 0.2) is 17.5 Å². The van der Waals surface area contributed by atoms with Crippen LogP contribution in [0.3, 0.4) is 0 Å². The van der Waals surface area contributed by atoms with Gasteiger partial charge in [-0.3, -0.25) is 0 Å². The van der Waals surface area contributed by atoms with E-state index in [1.807, 2.05) is 66.7 Å². The van der Waals surface area contributed by atoms with Gasteiger partial charge in [0, 0.05) is 22.1 Å². The van der Waals surface area contributed by atoms with Gasteiger partial charge in [0.1, 0.15) is 0 Å². The highest BCUT2D eigenvalue weighted by atomic mass is 15.0. The first-order valence-corrected chi connectivity index (χ1v) is 14.9. The second-order valence-corrected chi connectivity index (χ2v) is 11.5. The molecule has 43 heavy (non-hydrogen) atoms. The number of hydrogen-bond donors (Lipinski definition) is 0. The van der Waals surface area contributed by atoms with E-state index in [0.717, 1.165) is 46.2 Å². The third kappa shape index (κ3) is 4.16. The fourth-order valence-electron chi connectivity index (χ4n) is 7.11. The Morgan fingerprint density at radius 1 is 0.488 bits per heavy atom. The Morgan fingerprint density at radius 3 is 1.65 bits per heavy atom. The lowest BCUT2D eigenvalue weighted by Gasteiger charge is -2.27. The predicted octanol–water partition coefficient (Wildman–Crippen LogP) is 9.25. The Balaban J connectivity index is 1.30. The van der Waals surface area contributed by atoms with E-state index in [1.165, 1.54) is 35.1 Å². The van der Waals surface area contributed by atoms with Gasteiger partial charge in [-0.1, -0.05) is 116 Å². The zero-order valence-electron chi connectivity index (χ0n) is 23.7. The molecule has 0 saturated heterocycles. The molecule has 0 aliphatic heterocycles. The normalized spacial score (nSPS) is 14.3. The van der Waals surface area contributed by atoms with Crippen LogP contribution in [-0.4, -0.2) is 15.0 Å². The minimum atomic E-state index is -0.0311. The Labute approximate surface area is 251 Å². The third-order valence-corrected chi connectivity index (χ3v) is 9.13. The van der Waals surface area contributed by atoms with Crippen molar-refractivity contribution in [3.8, 4) is 62.5 Å². The van der Waals surface area contributed by atoms with Crippen molar-refractivity contribution in [2.24, 2.45) is 0 Å². The molecule has 204 valence electrons. The van der Waals surface area contributed by atoms with Gasteiger partial charge in [-0.2, -0.15) is 5.26 Å². The van der Waals surface area contributed by atoms with Gasteiger partial charge in [0.05, 0.1) is 11.6 Å². The summed E-state index contributed by atoms with van der Waals surface area (Å²) in [4.78, 5) is 14.9. The summed E-state index contributed by atoms with van der Waals surface area (Å²) in [7, 11) is 0. The molecule has 5 aromatic carbocycles. The van der Waals surface area contributed by atoms with E-state index in [2.05, 4.69) is 60.7 Å². The number of nitriles is 1. The summed E-state index contributed by atoms with van der Waals surface area (Å²) in [5, 5.41) is 9.67. The van der Waals surface area contributed by atoms with E-state index in [0.29, 0.717) is 17.5 Å². The van der Waals surface area contributed by atoms with Crippen LogP contribution in [0.1, 0.15) is 42.4 Å². The maximum absolute atomic E-state index is 9.67. The quantitative estimate of drug-likeness (QED) is 0.219. The highest BCUT2D eigenvalue weighted by molar-refractivity contribution is 5.88. The van der Waals surface area contributed by atoms with Crippen molar-refractivity contribution in [2.45, 2.75) is 31.1 Å². The molecule has 2 aliphatic rings. The second kappa shape index (κ2) is 10.2. The first-order valence-electron chi connectivity index (χ1n) is 14.9. The molecule has 1 aromatic heterocycles. The van der Waals surface area contributed by atoms with Crippen molar-refractivity contribution in [1.82, 2.24) is 15.0 Å². The smallest absolute Gasteiger partial charge is 0.164 e. The van der Waals surface area contributed by atoms with Crippen molar-refractivity contribution in [3.63, 3.8) is 0 Å². The summed E-state index contributed by atoms with van der Waals surface area (Å²) >= 11 is 0. The van der Waals surface area contributed by atoms with Crippen molar-refractivity contribution in [2.75, 3.05) is 0 Å². The fraction of sp³-hybridized carbons (Fsp3) is 0.128. The summed E-state index contributed by atoms with van der Waals surface area (Å²) in [5.74, 6) is 1.96. The lowest BCUT2D eigenvalue weighted by Crippen LogP contribution is -2.20. The van der Waals surface area contributed by atoms with E-state index < -0.39 is 0 Å². The Bertz CT molecular complexity index is 1980. The van der Waals surface area contributed by atoms with Crippen LogP contribution in [0, 0.1) is 11.3 Å². The number of hydrogen-bond acceptors (Lipinski definition) is 4. The van der Waals surface area contributed by atoms with Crippen LogP contribution in [0.15, 0.2) is 121 Å². The van der Waals surface area contributed by atoms with Gasteiger partial charge in [-0.15, -0.1) is 0 Å². The molecule has 6 aromatic rings. The summed E-state index contributed by atoms with van der Waals surface area (Å²) < 4.78 is 0. The molecule has 0 amide bonds. The van der Waals surface area contributed by atoms with Gasteiger partial charge in [-0.25, -0.2) is 15.0 Å². The molecule has 4 nitrogen and oxygen atoms in total. The van der Waals surface area contributed by atoms with Crippen LogP contribution in [0.5, 0.6) is 0 Å². The van der Waals surface area contributed by atoms with Crippen molar-refractivity contribution >= 4 is 0 Å². The zero-order valence-corrected chi connectivity index (χ0v) is 23.7. The van der Waals surface area contributed by atoms with Gasteiger partial charge < -0.3 is 0 Å². The second-order valence-electron chi connectivity index (χ2n) is 11.5. The molecule has 8 rings (SSSR count). The molecule has 1 spiro atoms. The largest absolute Gasteiger partial charge is 0.208 e. The van der Waals surface area contributed by atoms with Gasteiger partial charge >= 0.3 is 0 Å². The third-order valence-electron chi connectivity index (χ3n) is 9.13. The minimum Gasteiger partial charge on any atom is -0.208 e. The molecule has 0 N–H and O–H groups in total. The van der Waals surface area contributed by atoms with Crippen LogP contribution in [-0.2, 0) is 5.41 Å². The summed E-state index contributed by atoms with van der Waals surface area (Å²) in [5.41, 5.74) is 11.1. The van der Waals surface area contributed by atoms with Gasteiger partial charge in [0.25, 0.3) is 0 Å².